The number of benzene rings is 1. The van der Waals surface area contributed by atoms with Crippen molar-refractivity contribution in [2.75, 3.05) is 6.54 Å². The molecule has 0 heterocycles. The number of rotatable bonds is 5. The molecule has 1 aliphatic carbocycles. The summed E-state index contributed by atoms with van der Waals surface area (Å²) in [6, 6.07) is 8.11. The zero-order valence-corrected chi connectivity index (χ0v) is 12.6. The van der Waals surface area contributed by atoms with Crippen LogP contribution in [0.2, 0.25) is 0 Å². The standard InChI is InChI=1S/C17H27NO2/c1-13(2)11-18(15-6-8-16(19)9-7-15)12-14-4-3-5-17(20)10-14/h3-5,10,13,15-16,19-20H,6-9,11-12H2,1-2H3. The Bertz CT molecular complexity index is 411. The lowest BCUT2D eigenvalue weighted by molar-refractivity contribution is 0.0646. The second-order valence-corrected chi connectivity index (χ2v) is 6.46. The van der Waals surface area contributed by atoms with Gasteiger partial charge in [-0.05, 0) is 49.3 Å². The summed E-state index contributed by atoms with van der Waals surface area (Å²) in [7, 11) is 0. The minimum absolute atomic E-state index is 0.104. The smallest absolute Gasteiger partial charge is 0.115 e. The van der Waals surface area contributed by atoms with Crippen molar-refractivity contribution in [3.8, 4) is 5.75 Å². The van der Waals surface area contributed by atoms with Gasteiger partial charge in [-0.15, -0.1) is 0 Å². The highest BCUT2D eigenvalue weighted by Crippen LogP contribution is 2.26. The fourth-order valence-corrected chi connectivity index (χ4v) is 3.12. The van der Waals surface area contributed by atoms with Crippen molar-refractivity contribution in [2.24, 2.45) is 5.92 Å². The van der Waals surface area contributed by atoms with Crippen molar-refractivity contribution in [1.29, 1.82) is 0 Å². The van der Waals surface area contributed by atoms with Gasteiger partial charge in [0.25, 0.3) is 0 Å². The van der Waals surface area contributed by atoms with Crippen LogP contribution in [0.3, 0.4) is 0 Å². The summed E-state index contributed by atoms with van der Waals surface area (Å²) in [4.78, 5) is 2.52. The van der Waals surface area contributed by atoms with Gasteiger partial charge < -0.3 is 10.2 Å². The zero-order valence-electron chi connectivity index (χ0n) is 12.6. The average molecular weight is 277 g/mol. The second-order valence-electron chi connectivity index (χ2n) is 6.46. The van der Waals surface area contributed by atoms with Crippen molar-refractivity contribution >= 4 is 0 Å². The number of nitrogens with zero attached hydrogens (tertiary/aromatic N) is 1. The molecule has 0 aliphatic heterocycles. The second kappa shape index (κ2) is 7.09. The molecule has 112 valence electrons. The van der Waals surface area contributed by atoms with Crippen LogP contribution in [0.25, 0.3) is 0 Å². The van der Waals surface area contributed by atoms with Gasteiger partial charge in [0.05, 0.1) is 6.10 Å². The Hall–Kier alpha value is -1.06. The van der Waals surface area contributed by atoms with Gasteiger partial charge in [0.1, 0.15) is 5.75 Å². The third-order valence-corrected chi connectivity index (χ3v) is 4.08. The third kappa shape index (κ3) is 4.50. The number of phenols is 1. The minimum atomic E-state index is -0.104. The lowest BCUT2D eigenvalue weighted by Gasteiger charge is -2.36. The number of aliphatic hydroxyl groups excluding tert-OH is 1. The number of phenolic OH excluding ortho intramolecular Hbond substituents is 1. The molecular formula is C17H27NO2. The highest BCUT2D eigenvalue weighted by molar-refractivity contribution is 5.27. The molecule has 0 spiro atoms. The van der Waals surface area contributed by atoms with Crippen LogP contribution < -0.4 is 0 Å². The van der Waals surface area contributed by atoms with E-state index in [1.165, 1.54) is 0 Å². The predicted molar refractivity (Wildman–Crippen MR) is 81.6 cm³/mol. The van der Waals surface area contributed by atoms with E-state index in [9.17, 15) is 10.2 Å². The number of hydrogen-bond donors (Lipinski definition) is 2. The van der Waals surface area contributed by atoms with Crippen LogP contribution in [-0.2, 0) is 6.54 Å². The molecule has 0 unspecified atom stereocenters. The molecule has 0 atom stereocenters. The molecule has 0 bridgehead atoms. The van der Waals surface area contributed by atoms with E-state index < -0.39 is 0 Å². The molecule has 0 amide bonds. The van der Waals surface area contributed by atoms with E-state index in [0.29, 0.717) is 17.7 Å². The molecule has 20 heavy (non-hydrogen) atoms. The van der Waals surface area contributed by atoms with E-state index in [1.54, 1.807) is 6.07 Å². The van der Waals surface area contributed by atoms with Crippen molar-refractivity contribution in [3.05, 3.63) is 29.8 Å². The Labute approximate surface area is 122 Å². The quantitative estimate of drug-likeness (QED) is 0.869. The van der Waals surface area contributed by atoms with E-state index in [2.05, 4.69) is 24.8 Å². The number of hydrogen-bond acceptors (Lipinski definition) is 3. The van der Waals surface area contributed by atoms with E-state index in [-0.39, 0.29) is 6.10 Å². The first-order valence-corrected chi connectivity index (χ1v) is 7.74. The summed E-state index contributed by atoms with van der Waals surface area (Å²) in [5.74, 6) is 0.963. The molecule has 2 N–H and O–H groups in total. The average Bonchev–Trinajstić information content (AvgIpc) is 2.38. The molecule has 0 radical (unpaired) electrons. The van der Waals surface area contributed by atoms with Crippen LogP contribution >= 0.6 is 0 Å². The predicted octanol–water partition coefficient (Wildman–Crippen LogP) is 3.15. The SMILES string of the molecule is CC(C)CN(Cc1cccc(O)c1)C1CCC(O)CC1. The maximum absolute atomic E-state index is 9.67. The maximum Gasteiger partial charge on any atom is 0.115 e. The van der Waals surface area contributed by atoms with Gasteiger partial charge in [0.15, 0.2) is 0 Å². The van der Waals surface area contributed by atoms with Gasteiger partial charge in [-0.2, -0.15) is 0 Å². The first-order chi connectivity index (χ1) is 9.54. The number of aromatic hydroxyl groups is 1. The van der Waals surface area contributed by atoms with Crippen molar-refractivity contribution < 1.29 is 10.2 Å². The molecule has 1 fully saturated rings. The fraction of sp³-hybridized carbons (Fsp3) is 0.647. The monoisotopic (exact) mass is 277 g/mol. The van der Waals surface area contributed by atoms with E-state index >= 15 is 0 Å². The molecule has 3 nitrogen and oxygen atoms in total. The Morgan fingerprint density at radius 1 is 1.20 bits per heavy atom. The Morgan fingerprint density at radius 2 is 1.90 bits per heavy atom. The Kier molecular flexibility index (Phi) is 5.44. The normalized spacial score (nSPS) is 23.4. The summed E-state index contributed by atoms with van der Waals surface area (Å²) in [5.41, 5.74) is 1.16. The lowest BCUT2D eigenvalue weighted by atomic mass is 9.91. The largest absolute Gasteiger partial charge is 0.508 e. The van der Waals surface area contributed by atoms with Gasteiger partial charge in [0.2, 0.25) is 0 Å². The molecule has 1 saturated carbocycles. The number of aliphatic hydroxyl groups is 1. The molecular weight excluding hydrogens is 250 g/mol. The summed E-state index contributed by atoms with van der Waals surface area (Å²) < 4.78 is 0. The summed E-state index contributed by atoms with van der Waals surface area (Å²) in [6.45, 7) is 6.43. The van der Waals surface area contributed by atoms with E-state index in [0.717, 1.165) is 44.3 Å². The molecule has 1 aromatic carbocycles. The van der Waals surface area contributed by atoms with Crippen molar-refractivity contribution in [3.63, 3.8) is 0 Å². The topological polar surface area (TPSA) is 43.7 Å². The first-order valence-electron chi connectivity index (χ1n) is 7.74. The first kappa shape index (κ1) is 15.3. The van der Waals surface area contributed by atoms with Gasteiger partial charge >= 0.3 is 0 Å². The minimum Gasteiger partial charge on any atom is -0.508 e. The van der Waals surface area contributed by atoms with Crippen LogP contribution in [0.4, 0.5) is 0 Å². The Balaban J connectivity index is 2.03. The third-order valence-electron chi connectivity index (χ3n) is 4.08. The lowest BCUT2D eigenvalue weighted by Crippen LogP contribution is -2.40. The highest BCUT2D eigenvalue weighted by atomic mass is 16.3. The summed E-state index contributed by atoms with van der Waals surface area (Å²) in [6.07, 6.45) is 3.88. The van der Waals surface area contributed by atoms with Crippen molar-refractivity contribution in [2.45, 2.75) is 58.2 Å². The van der Waals surface area contributed by atoms with E-state index in [1.807, 2.05) is 12.1 Å². The molecule has 2 rings (SSSR count). The Morgan fingerprint density at radius 3 is 2.50 bits per heavy atom. The van der Waals surface area contributed by atoms with Gasteiger partial charge in [-0.25, -0.2) is 0 Å². The van der Waals surface area contributed by atoms with Gasteiger partial charge in [-0.3, -0.25) is 4.90 Å². The van der Waals surface area contributed by atoms with E-state index in [4.69, 9.17) is 0 Å². The van der Waals surface area contributed by atoms with Crippen LogP contribution in [0.1, 0.15) is 45.1 Å². The zero-order chi connectivity index (χ0) is 14.5. The van der Waals surface area contributed by atoms with Crippen LogP contribution in [0, 0.1) is 5.92 Å². The molecule has 0 aromatic heterocycles. The maximum atomic E-state index is 9.67. The summed E-state index contributed by atoms with van der Waals surface area (Å²) in [5, 5.41) is 19.3. The molecule has 1 aliphatic rings. The van der Waals surface area contributed by atoms with Gasteiger partial charge in [-0.1, -0.05) is 26.0 Å². The van der Waals surface area contributed by atoms with Crippen LogP contribution in [-0.4, -0.2) is 33.8 Å². The molecule has 3 heteroatoms. The van der Waals surface area contributed by atoms with Gasteiger partial charge in [0, 0.05) is 19.1 Å². The van der Waals surface area contributed by atoms with Crippen LogP contribution in [0.5, 0.6) is 5.75 Å². The molecule has 0 saturated heterocycles. The van der Waals surface area contributed by atoms with Crippen molar-refractivity contribution in [1.82, 2.24) is 4.90 Å². The molecule has 1 aromatic rings. The fourth-order valence-electron chi connectivity index (χ4n) is 3.12. The highest BCUT2D eigenvalue weighted by Gasteiger charge is 2.25. The summed E-state index contributed by atoms with van der Waals surface area (Å²) >= 11 is 0. The van der Waals surface area contributed by atoms with Crippen LogP contribution in [0.15, 0.2) is 24.3 Å².